The summed E-state index contributed by atoms with van der Waals surface area (Å²) in [5.74, 6) is 0. The molecule has 121 heavy (non-hydrogen) atoms. The summed E-state index contributed by atoms with van der Waals surface area (Å²) in [4.78, 5) is 54.1. The molecule has 12 rings (SSSR count). The fraction of sp³-hybridized carbons (Fsp3) is 0.353. The van der Waals surface area contributed by atoms with Crippen molar-refractivity contribution in [2.45, 2.75) is 169 Å². The average molecular weight is 2620 g/mol. The first-order valence-electron chi connectivity index (χ1n) is 32.9. The van der Waals surface area contributed by atoms with E-state index in [4.69, 9.17) is 22.1 Å². The van der Waals surface area contributed by atoms with Crippen molar-refractivity contribution in [1.82, 2.24) is 30.6 Å². The molecule has 36 heteroatoms. The van der Waals surface area contributed by atoms with E-state index in [0.717, 1.165) is 41.3 Å². The number of para-hydroxylation sites is 4. The standard InChI is InChI=1S/4C13H9N.2C9H19NO2.C9H17NO.CH3F.CH3I.4CH4.4ClH.8H2N.H2O2.4H2O.4Pt/c4*1-2-6-11-10(5-1)9-14-13-8-4-3-7-12(11)13;2*1-8(2,3)6-9(4,5)10-7(11)12;1-8(2,3)6-9(4,5)10-7-11;2*1-2;;;;;;;;;;;;;;;;;1-2;;;;;;;;/h4*1-9H;2*10H,6H2,1-5H3,(H,11,12);6H2,1-5H3;2*1H3;4*1H4;4*1H;8*1H2;1-2H;4*1H2;;;;/q;;;;;;;;;;;;;;;;;8*-1;;;;;;4*+1/p-4/i;;;;;;;1D;;;;;;;;;;;;;;;;;;;;;;;;;;. The van der Waals surface area contributed by atoms with Crippen molar-refractivity contribution >= 4 is 165 Å². The monoisotopic (exact) mass is 2610 g/mol. The largest absolute Gasteiger partial charge is 0.693 e. The number of benzene rings is 8. The summed E-state index contributed by atoms with van der Waals surface area (Å²) in [7, 11) is 17.4. The third-order valence-electron chi connectivity index (χ3n) is 14.1. The van der Waals surface area contributed by atoms with Gasteiger partial charge in [0.1, 0.15) is 0 Å². The summed E-state index contributed by atoms with van der Waals surface area (Å²) in [5, 5.41) is 48.9. The second-order valence-corrected chi connectivity index (χ2v) is 28.3. The summed E-state index contributed by atoms with van der Waals surface area (Å²) in [6.07, 6.45) is 9.96. The molecule has 0 aliphatic rings. The normalized spacial score (nSPS) is 9.17. The quantitative estimate of drug-likeness (QED) is 0.0173. The zero-order chi connectivity index (χ0) is 81.3. The number of aliphatic imine (C=N–C) groups is 1. The Hall–Kier alpha value is -5.63. The van der Waals surface area contributed by atoms with Gasteiger partial charge in [0.25, 0.3) is 0 Å². The van der Waals surface area contributed by atoms with E-state index in [1.807, 2.05) is 144 Å². The molecule has 26 nitrogen and oxygen atoms in total. The Morgan fingerprint density at radius 3 is 0.686 bits per heavy atom. The Morgan fingerprint density at radius 1 is 0.372 bits per heavy atom. The molecular weight excluding hydrogens is 2480 g/mol. The molecule has 2 amide bonds. The van der Waals surface area contributed by atoms with Crippen LogP contribution in [0.5, 0.6) is 0 Å². The van der Waals surface area contributed by atoms with Gasteiger partial charge in [-0.2, -0.15) is 4.99 Å². The first kappa shape index (κ1) is 156. The van der Waals surface area contributed by atoms with Crippen molar-refractivity contribution in [3.63, 3.8) is 0 Å². The Kier molecular flexibility index (Phi) is 110. The number of isocyanates is 1. The molecule has 30 N–H and O–H groups in total. The summed E-state index contributed by atoms with van der Waals surface area (Å²) < 4.78 is 15.5. The van der Waals surface area contributed by atoms with Gasteiger partial charge in [-0.15, -0.1) is 0 Å². The van der Waals surface area contributed by atoms with Crippen LogP contribution in [0.15, 0.2) is 224 Å². The van der Waals surface area contributed by atoms with Crippen LogP contribution < -0.4 is 10.6 Å². The van der Waals surface area contributed by atoms with Crippen LogP contribution in [0.25, 0.3) is 136 Å². The van der Waals surface area contributed by atoms with Crippen LogP contribution in [0.1, 0.15) is 154 Å². The number of hydrogen-bond acceptors (Lipinski definition) is 10. The molecule has 0 saturated heterocycles. The number of nitrogens with two attached hydrogens (primary N) is 8. The van der Waals surface area contributed by atoms with Crippen molar-refractivity contribution < 1.29 is 138 Å². The zero-order valence-electron chi connectivity index (χ0n) is 69.5. The first-order chi connectivity index (χ1) is 50.2. The first-order valence-corrected chi connectivity index (χ1v) is 45.6. The fourth-order valence-electron chi connectivity index (χ4n) is 12.0. The van der Waals surface area contributed by atoms with E-state index in [1.54, 1.807) is 81.2 Å². The zero-order valence-corrected chi connectivity index (χ0v) is 82.8. The van der Waals surface area contributed by atoms with Gasteiger partial charge in [0, 0.05) is 79.0 Å². The molecule has 0 unspecified atom stereocenters. The Balaban J connectivity index is -0.0000000617. The molecule has 4 aromatic heterocycles. The van der Waals surface area contributed by atoms with Crippen molar-refractivity contribution in [3.05, 3.63) is 268 Å². The van der Waals surface area contributed by atoms with Crippen LogP contribution in [0, 0.1) is 16.2 Å². The molecule has 0 bridgehead atoms. The van der Waals surface area contributed by atoms with Gasteiger partial charge in [-0.05, 0) is 128 Å². The Morgan fingerprint density at radius 2 is 0.529 bits per heavy atom. The maximum Gasteiger partial charge on any atom is 0.0708 e. The number of nitrogens with one attached hydrogen (secondary N) is 2. The molecule has 0 saturated carbocycles. The number of amides is 2. The topological polar surface area (TPSA) is 614 Å². The van der Waals surface area contributed by atoms with Crippen molar-refractivity contribution in [3.8, 4) is 0 Å². The van der Waals surface area contributed by atoms with Crippen LogP contribution in [-0.2, 0) is 79.9 Å². The molecule has 0 radical (unpaired) electrons. The summed E-state index contributed by atoms with van der Waals surface area (Å²) in [5.41, 5.74) is 3.80. The molecule has 12 aromatic rings. The number of fused-ring (bicyclic) bond motifs is 12. The average Bonchev–Trinajstić information content (AvgIpc) is 0.814. The van der Waals surface area contributed by atoms with Crippen LogP contribution >= 0.6 is 60.3 Å². The number of aromatic nitrogens is 4. The summed E-state index contributed by atoms with van der Waals surface area (Å²) in [6, 6.07) is 66.3. The van der Waals surface area contributed by atoms with E-state index in [9.17, 15) is 18.8 Å². The molecule has 0 spiro atoms. The van der Waals surface area contributed by atoms with Gasteiger partial charge in [0.05, 0.1) is 36.1 Å². The molecule has 0 aliphatic carbocycles. The number of halogens is 6. The fourth-order valence-corrected chi connectivity index (χ4v) is 12.0. The number of carbonyl (C=O) groups is 2. The molecule has 0 fully saturated rings. The van der Waals surface area contributed by atoms with E-state index >= 15 is 0 Å². The Bertz CT molecular complexity index is 3860. The molecule has 0 aliphatic heterocycles. The maximum absolute atomic E-state index is 10.4. The third-order valence-corrected chi connectivity index (χ3v) is 14.1. The maximum atomic E-state index is 10.4. The van der Waals surface area contributed by atoms with Crippen molar-refractivity contribution in [1.29, 1.82) is 0 Å². The summed E-state index contributed by atoms with van der Waals surface area (Å²) >= 11 is 8.59. The van der Waals surface area contributed by atoms with Crippen LogP contribution in [0.4, 0.5) is 14.0 Å². The minimum absolute atomic E-state index is 0. The van der Waals surface area contributed by atoms with Gasteiger partial charge in [-0.25, -0.2) is 14.4 Å². The van der Waals surface area contributed by atoms with Crippen molar-refractivity contribution in [2.75, 3.05) is 12.1 Å². The van der Waals surface area contributed by atoms with Gasteiger partial charge in [0.2, 0.25) is 6.08 Å². The number of pyridine rings is 4. The number of carbonyl (C=O) groups excluding carboxylic acids is 1. The smallest absolute Gasteiger partial charge is 0.0708 e. The molecule has 0 atom stereocenters. The van der Waals surface area contributed by atoms with Gasteiger partial charge in [-0.3, -0.25) is 34.8 Å². The number of nitrogens with zero attached hydrogens (tertiary/aromatic N) is 5. The van der Waals surface area contributed by atoms with Crippen LogP contribution in [0.3, 0.4) is 0 Å². The van der Waals surface area contributed by atoms with Gasteiger partial charge in [0.15, 0.2) is 0 Å². The number of alkyl halides is 2. The van der Waals surface area contributed by atoms with E-state index in [-0.39, 0.29) is 134 Å². The SMILES string of the molecule is C.C.C.C.CC(C)(C)CC(C)(C)N=C=O.CC(C)(C)CC(C)(C)NC(=O)O.CC(C)(C)CC(C)(C)NC(=O)O.CI.O.O.O.O.OO.[2H]CF.[Cl][Pt].[Cl][Pt].[Cl][Pt].[Cl][Pt].[NH2-].[NH2-].[NH2-].[NH2-].[NH2-].[NH2-].[NH2-].[NH2-].c1ccc2c(c1)cnc1ccccc12.c1ccc2c(c1)cnc1ccccc12.c1ccc2c(c1)cnc1ccccc12.c1ccc2c(c1)cnc1ccccc12. The van der Waals surface area contributed by atoms with E-state index in [0.29, 0.717) is 0 Å². The predicted molar refractivity (Wildman–Crippen MR) is 521 cm³/mol. The van der Waals surface area contributed by atoms with Crippen molar-refractivity contribution in [2.24, 2.45) is 21.2 Å². The molecule has 4 heterocycles. The molecule has 710 valence electrons. The molecular formula is C85H139Cl4FIN15O11Pt4-8. The van der Waals surface area contributed by atoms with E-state index < -0.39 is 19.3 Å². The number of carboxylic acid groups (broad SMARTS) is 2. The van der Waals surface area contributed by atoms with Gasteiger partial charge < -0.3 is 92.0 Å². The minimum atomic E-state index is -1.00. The van der Waals surface area contributed by atoms with Crippen LogP contribution in [0.2, 0.25) is 0 Å². The van der Waals surface area contributed by atoms with E-state index in [2.05, 4.69) is 279 Å². The van der Waals surface area contributed by atoms with Gasteiger partial charge >= 0.3 is 125 Å². The second kappa shape index (κ2) is 85.2. The van der Waals surface area contributed by atoms with Gasteiger partial charge in [-0.1, -0.05) is 284 Å². The van der Waals surface area contributed by atoms with Crippen LogP contribution in [-0.4, -0.2) is 110 Å². The number of hydrogen-bond donors (Lipinski definition) is 6. The minimum Gasteiger partial charge on any atom is -0.693 e. The third kappa shape index (κ3) is 63.9. The predicted octanol–water partition coefficient (Wildman–Crippen LogP) is 30.4. The number of rotatable bonds is 6. The summed E-state index contributed by atoms with van der Waals surface area (Å²) in [6.45, 7) is 30.5. The molecule has 8 aromatic carbocycles. The second-order valence-electron chi connectivity index (χ2n) is 28.3. The Labute approximate surface area is 797 Å². The van der Waals surface area contributed by atoms with E-state index in [1.165, 1.54) is 64.6 Å².